The molecule has 5 heteroatoms. The summed E-state index contributed by atoms with van der Waals surface area (Å²) < 4.78 is 1.96. The van der Waals surface area contributed by atoms with Crippen LogP contribution in [-0.2, 0) is 11.3 Å². The molecule has 2 rings (SSSR count). The van der Waals surface area contributed by atoms with Crippen LogP contribution in [0.2, 0.25) is 0 Å². The van der Waals surface area contributed by atoms with Crippen LogP contribution >= 0.6 is 0 Å². The molecular weight excluding hydrogens is 228 g/mol. The number of hydrogen-bond donors (Lipinski definition) is 2. The Labute approximate surface area is 106 Å². The van der Waals surface area contributed by atoms with E-state index in [1.807, 2.05) is 35.0 Å². The molecule has 2 aromatic rings. The van der Waals surface area contributed by atoms with Crippen molar-refractivity contribution in [1.29, 1.82) is 0 Å². The predicted octanol–water partition coefficient (Wildman–Crippen LogP) is 1.22. The number of nitrogens with two attached hydrogens (primary N) is 1. The molecule has 0 bridgehead atoms. The molecule has 18 heavy (non-hydrogen) atoms. The molecule has 1 atom stereocenters. The standard InChI is InChI=1S/C13H16N4O/c1-10(14)13(18)16-12-4-2-3-11(7-12)8-17-6-5-15-9-17/h2-7,9-10H,8,14H2,1H3,(H,16,18)/t10-/m0/s1. The van der Waals surface area contributed by atoms with Crippen molar-refractivity contribution >= 4 is 11.6 Å². The van der Waals surface area contributed by atoms with Crippen molar-refractivity contribution in [3.63, 3.8) is 0 Å². The van der Waals surface area contributed by atoms with E-state index in [1.165, 1.54) is 0 Å². The van der Waals surface area contributed by atoms with Gasteiger partial charge in [-0.3, -0.25) is 4.79 Å². The molecule has 1 aromatic heterocycles. The number of aromatic nitrogens is 2. The summed E-state index contributed by atoms with van der Waals surface area (Å²) in [6.07, 6.45) is 5.39. The van der Waals surface area contributed by atoms with E-state index in [2.05, 4.69) is 10.3 Å². The van der Waals surface area contributed by atoms with Crippen LogP contribution in [0.4, 0.5) is 5.69 Å². The van der Waals surface area contributed by atoms with Crippen molar-refractivity contribution in [1.82, 2.24) is 9.55 Å². The van der Waals surface area contributed by atoms with Gasteiger partial charge in [0.05, 0.1) is 12.4 Å². The molecule has 1 amide bonds. The van der Waals surface area contributed by atoms with Crippen LogP contribution in [0.5, 0.6) is 0 Å². The van der Waals surface area contributed by atoms with E-state index in [9.17, 15) is 4.79 Å². The highest BCUT2D eigenvalue weighted by molar-refractivity contribution is 5.94. The monoisotopic (exact) mass is 244 g/mol. The number of amides is 1. The largest absolute Gasteiger partial charge is 0.333 e. The summed E-state index contributed by atoms with van der Waals surface area (Å²) in [6.45, 7) is 2.38. The Morgan fingerprint density at radius 2 is 2.39 bits per heavy atom. The van der Waals surface area contributed by atoms with Crippen LogP contribution in [-0.4, -0.2) is 21.5 Å². The van der Waals surface area contributed by atoms with Crippen LogP contribution in [0.3, 0.4) is 0 Å². The summed E-state index contributed by atoms with van der Waals surface area (Å²) in [7, 11) is 0. The van der Waals surface area contributed by atoms with Gasteiger partial charge in [-0.05, 0) is 24.6 Å². The molecule has 0 saturated heterocycles. The van der Waals surface area contributed by atoms with Gasteiger partial charge in [0.1, 0.15) is 0 Å². The van der Waals surface area contributed by atoms with Crippen LogP contribution in [0.25, 0.3) is 0 Å². The van der Waals surface area contributed by atoms with Gasteiger partial charge in [-0.1, -0.05) is 12.1 Å². The van der Waals surface area contributed by atoms with E-state index in [4.69, 9.17) is 5.73 Å². The van der Waals surface area contributed by atoms with Crippen molar-refractivity contribution in [2.45, 2.75) is 19.5 Å². The minimum absolute atomic E-state index is 0.185. The van der Waals surface area contributed by atoms with E-state index < -0.39 is 6.04 Å². The van der Waals surface area contributed by atoms with Crippen molar-refractivity contribution in [2.75, 3.05) is 5.32 Å². The summed E-state index contributed by atoms with van der Waals surface area (Å²) in [5, 5.41) is 2.77. The number of carbonyl (C=O) groups is 1. The molecule has 1 heterocycles. The second-order valence-corrected chi connectivity index (χ2v) is 4.21. The van der Waals surface area contributed by atoms with Gasteiger partial charge >= 0.3 is 0 Å². The van der Waals surface area contributed by atoms with Crippen LogP contribution in [0.15, 0.2) is 43.0 Å². The quantitative estimate of drug-likeness (QED) is 0.849. The summed E-state index contributed by atoms with van der Waals surface area (Å²) in [6, 6.07) is 7.17. The van der Waals surface area contributed by atoms with Gasteiger partial charge < -0.3 is 15.6 Å². The van der Waals surface area contributed by atoms with Gasteiger partial charge in [0.2, 0.25) is 5.91 Å². The fourth-order valence-corrected chi connectivity index (χ4v) is 1.59. The van der Waals surface area contributed by atoms with Crippen LogP contribution in [0, 0.1) is 0 Å². The van der Waals surface area contributed by atoms with Gasteiger partial charge in [-0.25, -0.2) is 4.98 Å². The van der Waals surface area contributed by atoms with Crippen LogP contribution in [0.1, 0.15) is 12.5 Å². The number of nitrogens with zero attached hydrogens (tertiary/aromatic N) is 2. The number of nitrogens with one attached hydrogen (secondary N) is 1. The van der Waals surface area contributed by atoms with Crippen molar-refractivity contribution in [3.8, 4) is 0 Å². The number of rotatable bonds is 4. The summed E-state index contributed by atoms with van der Waals surface area (Å²) >= 11 is 0. The molecule has 0 spiro atoms. The minimum atomic E-state index is -0.512. The highest BCUT2D eigenvalue weighted by Gasteiger charge is 2.07. The molecule has 0 fully saturated rings. The predicted molar refractivity (Wildman–Crippen MR) is 70.1 cm³/mol. The number of carbonyl (C=O) groups excluding carboxylic acids is 1. The maximum atomic E-state index is 11.5. The molecule has 0 unspecified atom stereocenters. The third-order valence-electron chi connectivity index (χ3n) is 2.53. The van der Waals surface area contributed by atoms with Gasteiger partial charge in [0, 0.05) is 24.6 Å². The third kappa shape index (κ3) is 3.18. The first-order valence-corrected chi connectivity index (χ1v) is 5.76. The zero-order valence-electron chi connectivity index (χ0n) is 10.2. The smallest absolute Gasteiger partial charge is 0.240 e. The van der Waals surface area contributed by atoms with Crippen molar-refractivity contribution in [3.05, 3.63) is 48.5 Å². The molecular formula is C13H16N4O. The summed E-state index contributed by atoms with van der Waals surface area (Å²) in [4.78, 5) is 15.5. The number of imidazole rings is 1. The average molecular weight is 244 g/mol. The van der Waals surface area contributed by atoms with Crippen molar-refractivity contribution in [2.24, 2.45) is 5.73 Å². The number of hydrogen-bond acceptors (Lipinski definition) is 3. The Bertz CT molecular complexity index is 520. The first-order chi connectivity index (χ1) is 8.65. The SMILES string of the molecule is C[C@H](N)C(=O)Nc1cccc(Cn2ccnc2)c1. The lowest BCUT2D eigenvalue weighted by atomic mass is 10.2. The second kappa shape index (κ2) is 5.46. The summed E-state index contributed by atoms with van der Waals surface area (Å²) in [5.74, 6) is -0.185. The number of benzene rings is 1. The molecule has 0 aliphatic heterocycles. The maximum absolute atomic E-state index is 11.5. The fourth-order valence-electron chi connectivity index (χ4n) is 1.59. The van der Waals surface area contributed by atoms with Gasteiger partial charge in [-0.2, -0.15) is 0 Å². The molecule has 0 saturated carbocycles. The van der Waals surface area contributed by atoms with Gasteiger partial charge in [-0.15, -0.1) is 0 Å². The Balaban J connectivity index is 2.08. The first-order valence-electron chi connectivity index (χ1n) is 5.76. The van der Waals surface area contributed by atoms with E-state index in [0.29, 0.717) is 0 Å². The third-order valence-corrected chi connectivity index (χ3v) is 2.53. The second-order valence-electron chi connectivity index (χ2n) is 4.21. The van der Waals surface area contributed by atoms with Crippen molar-refractivity contribution < 1.29 is 4.79 Å². The first kappa shape index (κ1) is 12.3. The number of anilines is 1. The zero-order valence-corrected chi connectivity index (χ0v) is 10.2. The highest BCUT2D eigenvalue weighted by Crippen LogP contribution is 2.12. The normalized spacial score (nSPS) is 12.1. The Hall–Kier alpha value is -2.14. The average Bonchev–Trinajstić information content (AvgIpc) is 2.82. The lowest BCUT2D eigenvalue weighted by molar-refractivity contribution is -0.117. The minimum Gasteiger partial charge on any atom is -0.333 e. The highest BCUT2D eigenvalue weighted by atomic mass is 16.2. The summed E-state index contributed by atoms with van der Waals surface area (Å²) in [5.41, 5.74) is 7.36. The molecule has 5 nitrogen and oxygen atoms in total. The Kier molecular flexibility index (Phi) is 3.74. The Morgan fingerprint density at radius 1 is 1.56 bits per heavy atom. The fraction of sp³-hybridized carbons (Fsp3) is 0.231. The molecule has 0 radical (unpaired) electrons. The van der Waals surface area contributed by atoms with E-state index in [0.717, 1.165) is 17.8 Å². The zero-order chi connectivity index (χ0) is 13.0. The Morgan fingerprint density at radius 3 is 3.06 bits per heavy atom. The topological polar surface area (TPSA) is 72.9 Å². The molecule has 1 aromatic carbocycles. The maximum Gasteiger partial charge on any atom is 0.240 e. The van der Waals surface area contributed by atoms with E-state index >= 15 is 0 Å². The molecule has 94 valence electrons. The van der Waals surface area contributed by atoms with Gasteiger partial charge in [0.15, 0.2) is 0 Å². The van der Waals surface area contributed by atoms with E-state index in [-0.39, 0.29) is 5.91 Å². The van der Waals surface area contributed by atoms with Gasteiger partial charge in [0.25, 0.3) is 0 Å². The van der Waals surface area contributed by atoms with Crippen LogP contribution < -0.4 is 11.1 Å². The lowest BCUT2D eigenvalue weighted by Gasteiger charge is -2.09. The molecule has 3 N–H and O–H groups in total. The molecule has 0 aliphatic rings. The molecule has 0 aliphatic carbocycles. The van der Waals surface area contributed by atoms with E-state index in [1.54, 1.807) is 19.4 Å². The lowest BCUT2D eigenvalue weighted by Crippen LogP contribution is -2.32.